The van der Waals surface area contributed by atoms with Gasteiger partial charge in [-0.1, -0.05) is 18.2 Å². The standard InChI is InChI=1S/C16H13IN2O2/c1-9-14(17)16(20)19-15(18-9)12-4-3-11-8-13(21-2)6-5-10(11)7-12/h3-8H,1-2H3,(H,18,19,20). The van der Waals surface area contributed by atoms with Crippen LogP contribution in [0.15, 0.2) is 41.2 Å². The number of aryl methyl sites for hydroxylation is 1. The lowest BCUT2D eigenvalue weighted by molar-refractivity contribution is 0.415. The molecule has 0 radical (unpaired) electrons. The predicted octanol–water partition coefficient (Wildman–Crippen LogP) is 3.51. The summed E-state index contributed by atoms with van der Waals surface area (Å²) < 4.78 is 5.85. The van der Waals surface area contributed by atoms with E-state index in [4.69, 9.17) is 4.74 Å². The number of fused-ring (bicyclic) bond motifs is 1. The molecule has 0 amide bonds. The van der Waals surface area contributed by atoms with E-state index in [2.05, 4.69) is 9.97 Å². The zero-order valence-corrected chi connectivity index (χ0v) is 13.8. The zero-order valence-electron chi connectivity index (χ0n) is 11.6. The average Bonchev–Trinajstić information content (AvgIpc) is 2.51. The number of nitrogens with one attached hydrogen (secondary N) is 1. The number of nitrogens with zero attached hydrogens (tertiary/aromatic N) is 1. The molecule has 3 aromatic rings. The van der Waals surface area contributed by atoms with Crippen LogP contribution in [0.5, 0.6) is 5.75 Å². The average molecular weight is 392 g/mol. The number of hydrogen-bond donors (Lipinski definition) is 1. The Labute approximate surface area is 135 Å². The van der Waals surface area contributed by atoms with Crippen LogP contribution in [0, 0.1) is 10.5 Å². The minimum atomic E-state index is -0.104. The lowest BCUT2D eigenvalue weighted by Gasteiger charge is -2.06. The monoisotopic (exact) mass is 392 g/mol. The van der Waals surface area contributed by atoms with E-state index in [0.29, 0.717) is 9.39 Å². The number of hydrogen-bond acceptors (Lipinski definition) is 3. The molecule has 0 saturated carbocycles. The molecule has 1 heterocycles. The van der Waals surface area contributed by atoms with Crippen LogP contribution in [0.3, 0.4) is 0 Å². The molecule has 21 heavy (non-hydrogen) atoms. The molecule has 3 rings (SSSR count). The molecule has 5 heteroatoms. The van der Waals surface area contributed by atoms with Crippen LogP contribution in [0.25, 0.3) is 22.2 Å². The molecule has 0 aliphatic rings. The smallest absolute Gasteiger partial charge is 0.264 e. The van der Waals surface area contributed by atoms with E-state index in [1.165, 1.54) is 0 Å². The van der Waals surface area contributed by atoms with Crippen molar-refractivity contribution in [2.75, 3.05) is 7.11 Å². The minimum absolute atomic E-state index is 0.104. The van der Waals surface area contributed by atoms with E-state index >= 15 is 0 Å². The Balaban J connectivity index is 2.15. The summed E-state index contributed by atoms with van der Waals surface area (Å²) in [6.07, 6.45) is 0. The summed E-state index contributed by atoms with van der Waals surface area (Å²) in [6, 6.07) is 11.9. The van der Waals surface area contributed by atoms with Gasteiger partial charge in [0.2, 0.25) is 0 Å². The van der Waals surface area contributed by atoms with Crippen LogP contribution < -0.4 is 10.3 Å². The number of aromatic amines is 1. The second kappa shape index (κ2) is 5.48. The number of benzene rings is 2. The lowest BCUT2D eigenvalue weighted by Crippen LogP contribution is -2.14. The fourth-order valence-electron chi connectivity index (χ4n) is 2.21. The second-order valence-electron chi connectivity index (χ2n) is 4.74. The van der Waals surface area contributed by atoms with Gasteiger partial charge in [-0.3, -0.25) is 4.79 Å². The third kappa shape index (κ3) is 2.65. The van der Waals surface area contributed by atoms with Gasteiger partial charge < -0.3 is 9.72 Å². The van der Waals surface area contributed by atoms with Crippen molar-refractivity contribution in [3.8, 4) is 17.1 Å². The van der Waals surface area contributed by atoms with Gasteiger partial charge >= 0.3 is 0 Å². The Hall–Kier alpha value is -1.89. The van der Waals surface area contributed by atoms with Gasteiger partial charge in [0.05, 0.1) is 16.4 Å². The van der Waals surface area contributed by atoms with Crippen molar-refractivity contribution in [1.29, 1.82) is 0 Å². The van der Waals surface area contributed by atoms with E-state index < -0.39 is 0 Å². The molecular weight excluding hydrogens is 379 g/mol. The first-order chi connectivity index (χ1) is 10.1. The largest absolute Gasteiger partial charge is 0.497 e. The van der Waals surface area contributed by atoms with Gasteiger partial charge in [0.25, 0.3) is 5.56 Å². The van der Waals surface area contributed by atoms with Crippen LogP contribution in [-0.2, 0) is 0 Å². The van der Waals surface area contributed by atoms with Crippen molar-refractivity contribution in [3.05, 3.63) is 56.0 Å². The molecule has 2 aromatic carbocycles. The van der Waals surface area contributed by atoms with Gasteiger partial charge in [-0.2, -0.15) is 0 Å². The Bertz CT molecular complexity index is 887. The van der Waals surface area contributed by atoms with E-state index in [0.717, 1.165) is 27.8 Å². The van der Waals surface area contributed by atoms with Crippen molar-refractivity contribution >= 4 is 33.4 Å². The maximum Gasteiger partial charge on any atom is 0.264 e. The fraction of sp³-hybridized carbons (Fsp3) is 0.125. The number of ether oxygens (including phenoxy) is 1. The van der Waals surface area contributed by atoms with Crippen molar-refractivity contribution in [2.45, 2.75) is 6.92 Å². The highest BCUT2D eigenvalue weighted by Crippen LogP contribution is 2.25. The molecule has 0 aliphatic carbocycles. The van der Waals surface area contributed by atoms with Crippen LogP contribution in [-0.4, -0.2) is 17.1 Å². The summed E-state index contributed by atoms with van der Waals surface area (Å²) in [5.74, 6) is 1.42. The summed E-state index contributed by atoms with van der Waals surface area (Å²) in [5.41, 5.74) is 1.53. The van der Waals surface area contributed by atoms with Gasteiger partial charge in [-0.15, -0.1) is 0 Å². The predicted molar refractivity (Wildman–Crippen MR) is 91.8 cm³/mol. The van der Waals surface area contributed by atoms with Gasteiger partial charge in [0.1, 0.15) is 11.6 Å². The highest BCUT2D eigenvalue weighted by atomic mass is 127. The third-order valence-corrected chi connectivity index (χ3v) is 4.62. The normalized spacial score (nSPS) is 10.8. The molecule has 0 spiro atoms. The Morgan fingerprint density at radius 1 is 1.14 bits per heavy atom. The van der Waals surface area contributed by atoms with Gasteiger partial charge in [0.15, 0.2) is 0 Å². The molecule has 0 bridgehead atoms. The first-order valence-electron chi connectivity index (χ1n) is 6.43. The van der Waals surface area contributed by atoms with E-state index in [-0.39, 0.29) is 5.56 Å². The minimum Gasteiger partial charge on any atom is -0.497 e. The number of rotatable bonds is 2. The highest BCUT2D eigenvalue weighted by molar-refractivity contribution is 14.1. The first kappa shape index (κ1) is 14.1. The molecular formula is C16H13IN2O2. The van der Waals surface area contributed by atoms with E-state index in [1.807, 2.05) is 65.9 Å². The molecule has 4 nitrogen and oxygen atoms in total. The lowest BCUT2D eigenvalue weighted by atomic mass is 10.1. The number of aromatic nitrogens is 2. The number of H-pyrrole nitrogens is 1. The maximum atomic E-state index is 11.9. The van der Waals surface area contributed by atoms with Crippen LogP contribution in [0.1, 0.15) is 5.69 Å². The Morgan fingerprint density at radius 2 is 1.86 bits per heavy atom. The topological polar surface area (TPSA) is 55.0 Å². The molecule has 0 atom stereocenters. The quantitative estimate of drug-likeness (QED) is 0.680. The van der Waals surface area contributed by atoms with Gasteiger partial charge in [-0.05, 0) is 58.5 Å². The SMILES string of the molecule is COc1ccc2cc(-c3nc(C)c(I)c(=O)[nH]3)ccc2c1. The van der Waals surface area contributed by atoms with Gasteiger partial charge in [0, 0.05) is 5.56 Å². The molecule has 106 valence electrons. The molecule has 0 aliphatic heterocycles. The van der Waals surface area contributed by atoms with Crippen molar-refractivity contribution < 1.29 is 4.74 Å². The summed E-state index contributed by atoms with van der Waals surface area (Å²) in [4.78, 5) is 19.1. The molecule has 0 unspecified atom stereocenters. The summed E-state index contributed by atoms with van der Waals surface area (Å²) in [6.45, 7) is 1.84. The zero-order chi connectivity index (χ0) is 15.0. The molecule has 1 N–H and O–H groups in total. The van der Waals surface area contributed by atoms with Crippen LogP contribution >= 0.6 is 22.6 Å². The van der Waals surface area contributed by atoms with Crippen molar-refractivity contribution in [3.63, 3.8) is 0 Å². The molecule has 0 fully saturated rings. The van der Waals surface area contributed by atoms with Crippen molar-refractivity contribution in [1.82, 2.24) is 9.97 Å². The van der Waals surface area contributed by atoms with Gasteiger partial charge in [-0.25, -0.2) is 4.98 Å². The molecule has 1 aromatic heterocycles. The number of halogens is 1. The fourth-order valence-corrected chi connectivity index (χ4v) is 2.46. The van der Waals surface area contributed by atoms with Crippen LogP contribution in [0.2, 0.25) is 0 Å². The van der Waals surface area contributed by atoms with Crippen LogP contribution in [0.4, 0.5) is 0 Å². The Kier molecular flexibility index (Phi) is 3.67. The third-order valence-electron chi connectivity index (χ3n) is 3.35. The first-order valence-corrected chi connectivity index (χ1v) is 7.51. The van der Waals surface area contributed by atoms with Crippen molar-refractivity contribution in [2.24, 2.45) is 0 Å². The van der Waals surface area contributed by atoms with E-state index in [9.17, 15) is 4.79 Å². The Morgan fingerprint density at radius 3 is 2.57 bits per heavy atom. The summed E-state index contributed by atoms with van der Waals surface area (Å²) >= 11 is 2.01. The maximum absolute atomic E-state index is 11.9. The summed E-state index contributed by atoms with van der Waals surface area (Å²) in [7, 11) is 1.65. The van der Waals surface area contributed by atoms with E-state index in [1.54, 1.807) is 7.11 Å². The molecule has 0 saturated heterocycles. The number of methoxy groups -OCH3 is 1. The highest BCUT2D eigenvalue weighted by Gasteiger charge is 2.07. The summed E-state index contributed by atoms with van der Waals surface area (Å²) in [5, 5.41) is 2.16. The second-order valence-corrected chi connectivity index (χ2v) is 5.82.